The second-order valence-electron chi connectivity index (χ2n) is 6.83. The highest BCUT2D eigenvalue weighted by Crippen LogP contribution is 2.21. The molecule has 2 unspecified atom stereocenters. The zero-order chi connectivity index (χ0) is 16.8. The minimum atomic E-state index is 0. The molecule has 0 saturated carbocycles. The standard InChI is InChI=1S/C19H30N2O2.ClH/c1-14(2)16-7-9-17(10-8-16)23-13-11-19(22)21-12-5-4-6-18(21)15(3)20;/h7-10,14-15,18H,4-6,11-13,20H2,1-3H3;1H. The van der Waals surface area contributed by atoms with Crippen LogP contribution in [-0.4, -0.2) is 36.0 Å². The summed E-state index contributed by atoms with van der Waals surface area (Å²) in [4.78, 5) is 14.4. The molecule has 2 atom stereocenters. The van der Waals surface area contributed by atoms with Crippen molar-refractivity contribution in [2.24, 2.45) is 5.73 Å². The minimum absolute atomic E-state index is 0. The summed E-state index contributed by atoms with van der Waals surface area (Å²) in [5.41, 5.74) is 7.32. The van der Waals surface area contributed by atoms with Crippen molar-refractivity contribution in [1.82, 2.24) is 4.90 Å². The van der Waals surface area contributed by atoms with Gasteiger partial charge in [0.25, 0.3) is 0 Å². The van der Waals surface area contributed by atoms with Gasteiger partial charge in [0.1, 0.15) is 5.75 Å². The summed E-state index contributed by atoms with van der Waals surface area (Å²) in [7, 11) is 0. The SMILES string of the molecule is CC(C)c1ccc(OCCC(=O)N2CCCCC2C(C)N)cc1.Cl. The monoisotopic (exact) mass is 354 g/mol. The van der Waals surface area contributed by atoms with Crippen molar-refractivity contribution in [2.75, 3.05) is 13.2 Å². The maximum atomic E-state index is 12.4. The van der Waals surface area contributed by atoms with Gasteiger partial charge in [0, 0.05) is 18.6 Å². The van der Waals surface area contributed by atoms with Crippen molar-refractivity contribution < 1.29 is 9.53 Å². The van der Waals surface area contributed by atoms with Gasteiger partial charge in [-0.25, -0.2) is 0 Å². The molecule has 1 amide bonds. The van der Waals surface area contributed by atoms with Crippen LogP contribution in [0.15, 0.2) is 24.3 Å². The Kier molecular flexibility index (Phi) is 8.57. The number of amides is 1. The van der Waals surface area contributed by atoms with Crippen LogP contribution >= 0.6 is 12.4 Å². The number of ether oxygens (including phenoxy) is 1. The van der Waals surface area contributed by atoms with E-state index in [1.807, 2.05) is 24.0 Å². The number of rotatable bonds is 6. The van der Waals surface area contributed by atoms with Crippen molar-refractivity contribution in [3.63, 3.8) is 0 Å². The molecular formula is C19H31ClN2O2. The molecule has 136 valence electrons. The van der Waals surface area contributed by atoms with Crippen LogP contribution in [0.1, 0.15) is 57.9 Å². The van der Waals surface area contributed by atoms with E-state index in [0.29, 0.717) is 18.9 Å². The van der Waals surface area contributed by atoms with E-state index in [9.17, 15) is 4.79 Å². The first-order valence-electron chi connectivity index (χ1n) is 8.77. The van der Waals surface area contributed by atoms with Crippen LogP contribution in [-0.2, 0) is 4.79 Å². The molecule has 2 N–H and O–H groups in total. The number of nitrogens with zero attached hydrogens (tertiary/aromatic N) is 1. The molecule has 24 heavy (non-hydrogen) atoms. The minimum Gasteiger partial charge on any atom is -0.493 e. The summed E-state index contributed by atoms with van der Waals surface area (Å²) in [6.45, 7) is 7.57. The van der Waals surface area contributed by atoms with Gasteiger partial charge < -0.3 is 15.4 Å². The highest BCUT2D eigenvalue weighted by Gasteiger charge is 2.28. The number of halogens is 1. The molecule has 1 aromatic carbocycles. The van der Waals surface area contributed by atoms with Crippen LogP contribution in [0.5, 0.6) is 5.75 Å². The van der Waals surface area contributed by atoms with E-state index in [-0.39, 0.29) is 30.4 Å². The zero-order valence-corrected chi connectivity index (χ0v) is 15.8. The lowest BCUT2D eigenvalue weighted by molar-refractivity contribution is -0.135. The largest absolute Gasteiger partial charge is 0.493 e. The molecule has 1 heterocycles. The third kappa shape index (κ3) is 5.67. The summed E-state index contributed by atoms with van der Waals surface area (Å²) in [5.74, 6) is 1.50. The highest BCUT2D eigenvalue weighted by atomic mass is 35.5. The Labute approximate surface area is 152 Å². The van der Waals surface area contributed by atoms with Crippen LogP contribution in [0, 0.1) is 0 Å². The fourth-order valence-corrected chi connectivity index (χ4v) is 3.16. The first-order chi connectivity index (χ1) is 11.0. The van der Waals surface area contributed by atoms with Crippen molar-refractivity contribution in [1.29, 1.82) is 0 Å². The quantitative estimate of drug-likeness (QED) is 0.846. The Morgan fingerprint density at radius 1 is 1.25 bits per heavy atom. The predicted molar refractivity (Wildman–Crippen MR) is 101 cm³/mol. The van der Waals surface area contributed by atoms with E-state index in [0.717, 1.165) is 31.6 Å². The van der Waals surface area contributed by atoms with Crippen molar-refractivity contribution in [3.05, 3.63) is 29.8 Å². The van der Waals surface area contributed by atoms with E-state index in [4.69, 9.17) is 10.5 Å². The summed E-state index contributed by atoms with van der Waals surface area (Å²) in [5, 5.41) is 0. The average Bonchev–Trinajstić information content (AvgIpc) is 2.55. The van der Waals surface area contributed by atoms with Gasteiger partial charge in [0.05, 0.1) is 13.0 Å². The second-order valence-corrected chi connectivity index (χ2v) is 6.83. The highest BCUT2D eigenvalue weighted by molar-refractivity contribution is 5.85. The van der Waals surface area contributed by atoms with Gasteiger partial charge in [-0.3, -0.25) is 4.79 Å². The van der Waals surface area contributed by atoms with Crippen LogP contribution < -0.4 is 10.5 Å². The van der Waals surface area contributed by atoms with Gasteiger partial charge in [-0.1, -0.05) is 26.0 Å². The predicted octanol–water partition coefficient (Wildman–Crippen LogP) is 3.73. The third-order valence-corrected chi connectivity index (χ3v) is 4.61. The van der Waals surface area contributed by atoms with E-state index in [1.54, 1.807) is 0 Å². The number of likely N-dealkylation sites (tertiary alicyclic amines) is 1. The number of piperidine rings is 1. The summed E-state index contributed by atoms with van der Waals surface area (Å²) < 4.78 is 5.72. The van der Waals surface area contributed by atoms with Gasteiger partial charge >= 0.3 is 0 Å². The molecule has 1 aliphatic heterocycles. The molecule has 0 aromatic heterocycles. The van der Waals surface area contributed by atoms with E-state index < -0.39 is 0 Å². The van der Waals surface area contributed by atoms with E-state index in [2.05, 4.69) is 26.0 Å². The van der Waals surface area contributed by atoms with E-state index in [1.165, 1.54) is 5.56 Å². The average molecular weight is 355 g/mol. The zero-order valence-electron chi connectivity index (χ0n) is 15.0. The Morgan fingerprint density at radius 3 is 2.50 bits per heavy atom. The number of benzene rings is 1. The molecule has 1 aliphatic rings. The topological polar surface area (TPSA) is 55.6 Å². The molecule has 0 radical (unpaired) electrons. The van der Waals surface area contributed by atoms with Crippen molar-refractivity contribution in [3.8, 4) is 5.75 Å². The fraction of sp³-hybridized carbons (Fsp3) is 0.632. The van der Waals surface area contributed by atoms with Gasteiger partial charge in [0.15, 0.2) is 0 Å². The lowest BCUT2D eigenvalue weighted by Gasteiger charge is -2.38. The summed E-state index contributed by atoms with van der Waals surface area (Å²) in [6, 6.07) is 8.33. The Bertz CT molecular complexity index is 503. The number of carbonyl (C=O) groups excluding carboxylic acids is 1. The first kappa shape index (κ1) is 20.8. The maximum absolute atomic E-state index is 12.4. The molecule has 1 fully saturated rings. The lowest BCUT2D eigenvalue weighted by atomic mass is 9.96. The molecule has 0 spiro atoms. The van der Waals surface area contributed by atoms with Crippen molar-refractivity contribution in [2.45, 2.75) is 64.5 Å². The molecule has 0 aliphatic carbocycles. The third-order valence-electron chi connectivity index (χ3n) is 4.61. The van der Waals surface area contributed by atoms with E-state index >= 15 is 0 Å². The lowest BCUT2D eigenvalue weighted by Crippen LogP contribution is -2.51. The second kappa shape index (κ2) is 9.90. The Morgan fingerprint density at radius 2 is 1.92 bits per heavy atom. The molecular weight excluding hydrogens is 324 g/mol. The summed E-state index contributed by atoms with van der Waals surface area (Å²) >= 11 is 0. The van der Waals surface area contributed by atoms with Gasteiger partial charge in [-0.2, -0.15) is 0 Å². The molecule has 2 rings (SSSR count). The number of nitrogens with two attached hydrogens (primary N) is 1. The van der Waals surface area contributed by atoms with Gasteiger partial charge in [-0.05, 0) is 49.8 Å². The molecule has 4 nitrogen and oxygen atoms in total. The van der Waals surface area contributed by atoms with Crippen molar-refractivity contribution >= 4 is 18.3 Å². The smallest absolute Gasteiger partial charge is 0.226 e. The van der Waals surface area contributed by atoms with Crippen LogP contribution in [0.25, 0.3) is 0 Å². The van der Waals surface area contributed by atoms with Gasteiger partial charge in [0.2, 0.25) is 5.91 Å². The Hall–Kier alpha value is -1.26. The molecule has 1 aromatic rings. The van der Waals surface area contributed by atoms with Gasteiger partial charge in [-0.15, -0.1) is 12.4 Å². The number of hydrogen-bond acceptors (Lipinski definition) is 3. The summed E-state index contributed by atoms with van der Waals surface area (Å²) in [6.07, 6.45) is 3.66. The molecule has 5 heteroatoms. The molecule has 1 saturated heterocycles. The normalized spacial score (nSPS) is 18.9. The number of hydrogen-bond donors (Lipinski definition) is 1. The van der Waals surface area contributed by atoms with Crippen LogP contribution in [0.2, 0.25) is 0 Å². The fourth-order valence-electron chi connectivity index (χ4n) is 3.16. The number of carbonyl (C=O) groups is 1. The van der Waals surface area contributed by atoms with Crippen LogP contribution in [0.3, 0.4) is 0 Å². The molecule has 0 bridgehead atoms. The maximum Gasteiger partial charge on any atom is 0.226 e. The Balaban J connectivity index is 0.00000288. The first-order valence-corrected chi connectivity index (χ1v) is 8.77. The van der Waals surface area contributed by atoms with Crippen LogP contribution in [0.4, 0.5) is 0 Å².